The van der Waals surface area contributed by atoms with Crippen molar-refractivity contribution in [2.24, 2.45) is 0 Å². The zero-order valence-electron chi connectivity index (χ0n) is 14.2. The van der Waals surface area contributed by atoms with Gasteiger partial charge in [-0.2, -0.15) is 0 Å². The highest BCUT2D eigenvalue weighted by atomic mass is 35.5. The third-order valence-electron chi connectivity index (χ3n) is 3.70. The third kappa shape index (κ3) is 5.51. The summed E-state index contributed by atoms with van der Waals surface area (Å²) in [6.45, 7) is 3.14. The van der Waals surface area contributed by atoms with Crippen LogP contribution in [0.5, 0.6) is 0 Å². The number of hydrogen-bond donors (Lipinski definition) is 2. The molecule has 1 heterocycles. The minimum atomic E-state index is -0.201. The molecule has 2 amide bonds. The van der Waals surface area contributed by atoms with Crippen LogP contribution in [0.25, 0.3) is 0 Å². The molecule has 0 spiro atoms. The molecule has 0 aliphatic rings. The second kappa shape index (κ2) is 8.66. The van der Waals surface area contributed by atoms with Gasteiger partial charge in [-0.1, -0.05) is 23.7 Å². The van der Waals surface area contributed by atoms with Crippen molar-refractivity contribution in [3.8, 4) is 0 Å². The summed E-state index contributed by atoms with van der Waals surface area (Å²) in [7, 11) is 3.95. The Morgan fingerprint density at radius 3 is 2.58 bits per heavy atom. The SMILES string of the molecule is Cc1cnccc1CNC(=O)NC(CN(C)C)c1ccc(Cl)cc1. The Kier molecular flexibility index (Phi) is 6.58. The van der Waals surface area contributed by atoms with E-state index in [0.717, 1.165) is 16.7 Å². The number of nitrogens with one attached hydrogen (secondary N) is 2. The predicted octanol–water partition coefficient (Wildman–Crippen LogP) is 3.15. The summed E-state index contributed by atoms with van der Waals surface area (Å²) >= 11 is 5.94. The molecule has 2 N–H and O–H groups in total. The highest BCUT2D eigenvalue weighted by Gasteiger charge is 2.15. The third-order valence-corrected chi connectivity index (χ3v) is 3.95. The summed E-state index contributed by atoms with van der Waals surface area (Å²) < 4.78 is 0. The van der Waals surface area contributed by atoms with Crippen molar-refractivity contribution in [3.63, 3.8) is 0 Å². The molecule has 128 valence electrons. The number of likely N-dealkylation sites (N-methyl/N-ethyl adjacent to an activating group) is 1. The summed E-state index contributed by atoms with van der Waals surface area (Å²) in [6.07, 6.45) is 3.52. The van der Waals surface area contributed by atoms with Gasteiger partial charge in [0.05, 0.1) is 6.04 Å². The maximum Gasteiger partial charge on any atom is 0.315 e. The van der Waals surface area contributed by atoms with Gasteiger partial charge in [0.25, 0.3) is 0 Å². The largest absolute Gasteiger partial charge is 0.334 e. The van der Waals surface area contributed by atoms with Crippen molar-refractivity contribution >= 4 is 17.6 Å². The molecular formula is C18H23ClN4O. The number of aryl methyl sites for hydroxylation is 1. The number of aromatic nitrogens is 1. The molecule has 1 unspecified atom stereocenters. The van der Waals surface area contributed by atoms with Crippen molar-refractivity contribution in [2.45, 2.75) is 19.5 Å². The van der Waals surface area contributed by atoms with Gasteiger partial charge in [0, 0.05) is 30.5 Å². The molecule has 0 aliphatic heterocycles. The van der Waals surface area contributed by atoms with Crippen LogP contribution in [0.1, 0.15) is 22.7 Å². The number of carbonyl (C=O) groups is 1. The van der Waals surface area contributed by atoms with Gasteiger partial charge in [-0.25, -0.2) is 4.79 Å². The van der Waals surface area contributed by atoms with E-state index in [9.17, 15) is 4.79 Å². The average Bonchev–Trinajstić information content (AvgIpc) is 2.54. The Hall–Kier alpha value is -2.11. The fourth-order valence-electron chi connectivity index (χ4n) is 2.38. The van der Waals surface area contributed by atoms with E-state index in [4.69, 9.17) is 11.6 Å². The first-order valence-electron chi connectivity index (χ1n) is 7.79. The lowest BCUT2D eigenvalue weighted by Gasteiger charge is -2.23. The van der Waals surface area contributed by atoms with E-state index in [1.807, 2.05) is 56.3 Å². The van der Waals surface area contributed by atoms with Crippen LogP contribution in [0.2, 0.25) is 5.02 Å². The molecule has 1 atom stereocenters. The molecule has 6 heteroatoms. The van der Waals surface area contributed by atoms with Crippen LogP contribution in [0.15, 0.2) is 42.7 Å². The van der Waals surface area contributed by atoms with Crippen LogP contribution in [0.4, 0.5) is 4.79 Å². The molecule has 0 aliphatic carbocycles. The van der Waals surface area contributed by atoms with E-state index in [-0.39, 0.29) is 12.1 Å². The second-order valence-corrected chi connectivity index (χ2v) is 6.43. The zero-order valence-corrected chi connectivity index (χ0v) is 15.0. The molecule has 5 nitrogen and oxygen atoms in total. The molecule has 2 aromatic rings. The fraction of sp³-hybridized carbons (Fsp3) is 0.333. The second-order valence-electron chi connectivity index (χ2n) is 6.00. The zero-order chi connectivity index (χ0) is 17.5. The minimum absolute atomic E-state index is 0.115. The Morgan fingerprint density at radius 2 is 1.96 bits per heavy atom. The summed E-state index contributed by atoms with van der Waals surface area (Å²) in [6, 6.07) is 9.13. The van der Waals surface area contributed by atoms with Crippen LogP contribution in [0.3, 0.4) is 0 Å². The van der Waals surface area contributed by atoms with Crippen molar-refractivity contribution in [1.82, 2.24) is 20.5 Å². The molecular weight excluding hydrogens is 324 g/mol. The van der Waals surface area contributed by atoms with Crippen molar-refractivity contribution in [1.29, 1.82) is 0 Å². The topological polar surface area (TPSA) is 57.3 Å². The smallest absolute Gasteiger partial charge is 0.315 e. The lowest BCUT2D eigenvalue weighted by Crippen LogP contribution is -2.41. The van der Waals surface area contributed by atoms with Gasteiger partial charge in [0.1, 0.15) is 0 Å². The molecule has 24 heavy (non-hydrogen) atoms. The number of carbonyl (C=O) groups excluding carboxylic acids is 1. The van der Waals surface area contributed by atoms with Gasteiger partial charge in [0.15, 0.2) is 0 Å². The first kappa shape index (κ1) is 18.2. The molecule has 0 fully saturated rings. The monoisotopic (exact) mass is 346 g/mol. The number of pyridine rings is 1. The van der Waals surface area contributed by atoms with Crippen LogP contribution >= 0.6 is 11.6 Å². The van der Waals surface area contributed by atoms with Crippen LogP contribution in [0, 0.1) is 6.92 Å². The van der Waals surface area contributed by atoms with E-state index < -0.39 is 0 Å². The van der Waals surface area contributed by atoms with E-state index in [0.29, 0.717) is 18.1 Å². The van der Waals surface area contributed by atoms with E-state index in [1.165, 1.54) is 0 Å². The van der Waals surface area contributed by atoms with Crippen LogP contribution < -0.4 is 10.6 Å². The Morgan fingerprint density at radius 1 is 1.25 bits per heavy atom. The number of nitrogens with zero attached hydrogens (tertiary/aromatic N) is 2. The summed E-state index contributed by atoms with van der Waals surface area (Å²) in [5.74, 6) is 0. The Labute approximate surface area is 148 Å². The number of benzene rings is 1. The molecule has 0 saturated heterocycles. The quantitative estimate of drug-likeness (QED) is 0.844. The molecule has 0 radical (unpaired) electrons. The summed E-state index contributed by atoms with van der Waals surface area (Å²) in [5, 5.41) is 6.61. The number of halogens is 1. The molecule has 1 aromatic heterocycles. The standard InChI is InChI=1S/C18H23ClN4O/c1-13-10-20-9-8-15(13)11-21-18(24)22-17(12-23(2)3)14-4-6-16(19)7-5-14/h4-10,17H,11-12H2,1-3H3,(H2,21,22,24). The molecule has 0 saturated carbocycles. The summed E-state index contributed by atoms with van der Waals surface area (Å²) in [4.78, 5) is 18.4. The maximum atomic E-state index is 12.3. The van der Waals surface area contributed by atoms with Crippen LogP contribution in [-0.4, -0.2) is 36.6 Å². The van der Waals surface area contributed by atoms with Gasteiger partial charge in [0.2, 0.25) is 0 Å². The van der Waals surface area contributed by atoms with E-state index >= 15 is 0 Å². The molecule has 1 aromatic carbocycles. The Balaban J connectivity index is 1.99. The van der Waals surface area contributed by atoms with Crippen molar-refractivity contribution < 1.29 is 4.79 Å². The number of amides is 2. The van der Waals surface area contributed by atoms with Crippen molar-refractivity contribution in [3.05, 3.63) is 64.4 Å². The van der Waals surface area contributed by atoms with Crippen LogP contribution in [-0.2, 0) is 6.54 Å². The predicted molar refractivity (Wildman–Crippen MR) is 97.1 cm³/mol. The van der Waals surface area contributed by atoms with E-state index in [2.05, 4.69) is 15.6 Å². The van der Waals surface area contributed by atoms with Crippen molar-refractivity contribution in [2.75, 3.05) is 20.6 Å². The molecule has 0 bridgehead atoms. The highest BCUT2D eigenvalue weighted by Crippen LogP contribution is 2.17. The first-order chi connectivity index (χ1) is 11.5. The number of urea groups is 1. The van der Waals surface area contributed by atoms with Gasteiger partial charge < -0.3 is 15.5 Å². The van der Waals surface area contributed by atoms with Gasteiger partial charge in [-0.05, 0) is 55.9 Å². The van der Waals surface area contributed by atoms with E-state index in [1.54, 1.807) is 12.4 Å². The average molecular weight is 347 g/mol. The first-order valence-corrected chi connectivity index (χ1v) is 8.17. The number of hydrogen-bond acceptors (Lipinski definition) is 3. The lowest BCUT2D eigenvalue weighted by molar-refractivity contribution is 0.232. The lowest BCUT2D eigenvalue weighted by atomic mass is 10.1. The number of rotatable bonds is 6. The van der Waals surface area contributed by atoms with Gasteiger partial charge >= 0.3 is 6.03 Å². The fourth-order valence-corrected chi connectivity index (χ4v) is 2.51. The van der Waals surface area contributed by atoms with Gasteiger partial charge in [-0.15, -0.1) is 0 Å². The highest BCUT2D eigenvalue weighted by molar-refractivity contribution is 6.30. The molecule has 2 rings (SSSR count). The maximum absolute atomic E-state index is 12.3. The normalized spacial score (nSPS) is 12.0. The minimum Gasteiger partial charge on any atom is -0.334 e. The Bertz CT molecular complexity index is 673. The van der Waals surface area contributed by atoms with Gasteiger partial charge in [-0.3, -0.25) is 4.98 Å². The summed E-state index contributed by atoms with van der Waals surface area (Å²) in [5.41, 5.74) is 3.12.